The van der Waals surface area contributed by atoms with E-state index in [9.17, 15) is 9.90 Å². The molecule has 1 aromatic heterocycles. The van der Waals surface area contributed by atoms with Gasteiger partial charge in [-0.2, -0.15) is 0 Å². The van der Waals surface area contributed by atoms with E-state index < -0.39 is 0 Å². The van der Waals surface area contributed by atoms with Crippen molar-refractivity contribution in [2.24, 2.45) is 11.8 Å². The van der Waals surface area contributed by atoms with Crippen molar-refractivity contribution in [3.8, 4) is 0 Å². The number of amides is 1. The monoisotopic (exact) mass is 435 g/mol. The van der Waals surface area contributed by atoms with E-state index in [4.69, 9.17) is 4.74 Å². The molecule has 3 atom stereocenters. The van der Waals surface area contributed by atoms with E-state index in [1.165, 1.54) is 32.1 Å². The van der Waals surface area contributed by atoms with Crippen molar-refractivity contribution in [2.45, 2.75) is 84.1 Å². The molecule has 0 unspecified atom stereocenters. The lowest BCUT2D eigenvalue weighted by Crippen LogP contribution is -2.47. The maximum absolute atomic E-state index is 12.9. The summed E-state index contributed by atoms with van der Waals surface area (Å²) >= 11 is 0. The Bertz CT molecular complexity index is 676. The predicted molar refractivity (Wildman–Crippen MR) is 119 cm³/mol. The van der Waals surface area contributed by atoms with Crippen molar-refractivity contribution in [1.29, 1.82) is 0 Å². The van der Waals surface area contributed by atoms with E-state index >= 15 is 0 Å². The van der Waals surface area contributed by atoms with Crippen LogP contribution in [0.4, 0.5) is 0 Å². The Hall–Kier alpha value is -1.51. The van der Waals surface area contributed by atoms with Crippen LogP contribution in [0.15, 0.2) is 6.20 Å². The van der Waals surface area contributed by atoms with Crippen LogP contribution in [0.25, 0.3) is 0 Å². The molecule has 1 N–H and O–H groups in total. The highest BCUT2D eigenvalue weighted by atomic mass is 16.5. The number of nitrogens with zero attached hydrogens (tertiary/aromatic N) is 5. The molecular formula is C23H41N5O3. The van der Waals surface area contributed by atoms with Gasteiger partial charge in [-0.05, 0) is 39.2 Å². The smallest absolute Gasteiger partial charge is 0.222 e. The number of carbonyl (C=O) groups is 1. The molecule has 1 amide bonds. The van der Waals surface area contributed by atoms with Gasteiger partial charge in [-0.3, -0.25) is 9.48 Å². The summed E-state index contributed by atoms with van der Waals surface area (Å²) < 4.78 is 8.15. The molecule has 0 saturated heterocycles. The summed E-state index contributed by atoms with van der Waals surface area (Å²) in [7, 11) is 2.18. The molecule has 2 bridgehead atoms. The molecule has 1 saturated carbocycles. The first-order valence-electron chi connectivity index (χ1n) is 12.1. The summed E-state index contributed by atoms with van der Waals surface area (Å²) in [5, 5.41) is 18.1. The number of fused-ring (bicyclic) bond motifs is 2. The number of aromatic nitrogens is 3. The number of ether oxygens (including phenoxy) is 1. The van der Waals surface area contributed by atoms with Gasteiger partial charge in [-0.15, -0.1) is 5.10 Å². The summed E-state index contributed by atoms with van der Waals surface area (Å²) in [5.74, 6) is 1.00. The Kier molecular flexibility index (Phi) is 9.29. The average molecular weight is 436 g/mol. The second-order valence-electron chi connectivity index (χ2n) is 9.71. The minimum atomic E-state index is -0.196. The van der Waals surface area contributed by atoms with Crippen molar-refractivity contribution >= 4 is 5.91 Å². The van der Waals surface area contributed by atoms with Crippen LogP contribution < -0.4 is 0 Å². The van der Waals surface area contributed by atoms with Gasteiger partial charge in [0.05, 0.1) is 31.6 Å². The number of rotatable bonds is 6. The van der Waals surface area contributed by atoms with E-state index in [0.717, 1.165) is 24.7 Å². The molecule has 176 valence electrons. The van der Waals surface area contributed by atoms with Crippen molar-refractivity contribution in [3.63, 3.8) is 0 Å². The number of hydrogen-bond acceptors (Lipinski definition) is 6. The standard InChI is InChI=1S/C23H41N5O3/c1-18-12-28(19(2)16-29)23(30)10-7-11-27-14-21(24-25-27)17-31-22(18)15-26(3)13-20-8-5-4-6-9-20/h14,18-20,22,29H,4-13,15-17H2,1-3H3/t18-,19+,22+/m1/s1. The third-order valence-electron chi connectivity index (χ3n) is 6.83. The van der Waals surface area contributed by atoms with E-state index in [-0.39, 0.29) is 30.6 Å². The van der Waals surface area contributed by atoms with E-state index in [1.54, 1.807) is 4.68 Å². The van der Waals surface area contributed by atoms with Gasteiger partial charge < -0.3 is 19.6 Å². The quantitative estimate of drug-likeness (QED) is 0.738. The van der Waals surface area contributed by atoms with Crippen molar-refractivity contribution in [1.82, 2.24) is 24.8 Å². The van der Waals surface area contributed by atoms with Gasteiger partial charge in [0.1, 0.15) is 5.69 Å². The van der Waals surface area contributed by atoms with Gasteiger partial charge in [0.25, 0.3) is 0 Å². The molecule has 0 radical (unpaired) electrons. The normalized spacial score (nSPS) is 25.7. The SMILES string of the molecule is C[C@@H]1CN([C@@H](C)CO)C(=O)CCCn2cc(nn2)CO[C@H]1CN(C)CC1CCCCC1. The predicted octanol–water partition coefficient (Wildman–Crippen LogP) is 2.31. The third kappa shape index (κ3) is 7.26. The molecule has 1 fully saturated rings. The zero-order chi connectivity index (χ0) is 22.2. The Labute approximate surface area is 186 Å². The Morgan fingerprint density at radius 1 is 1.26 bits per heavy atom. The number of likely N-dealkylation sites (N-methyl/N-ethyl adjacent to an activating group) is 1. The van der Waals surface area contributed by atoms with Gasteiger partial charge >= 0.3 is 0 Å². The zero-order valence-electron chi connectivity index (χ0n) is 19.6. The summed E-state index contributed by atoms with van der Waals surface area (Å²) in [6, 6.07) is -0.196. The van der Waals surface area contributed by atoms with Gasteiger partial charge in [-0.25, -0.2) is 0 Å². The van der Waals surface area contributed by atoms with Gasteiger partial charge in [0, 0.05) is 38.5 Å². The lowest BCUT2D eigenvalue weighted by molar-refractivity contribution is -0.136. The molecule has 3 rings (SSSR count). The van der Waals surface area contributed by atoms with Crippen molar-refractivity contribution in [2.75, 3.05) is 33.3 Å². The van der Waals surface area contributed by atoms with Crippen molar-refractivity contribution < 1.29 is 14.6 Å². The highest BCUT2D eigenvalue weighted by Crippen LogP contribution is 2.25. The number of aliphatic hydroxyl groups is 1. The maximum atomic E-state index is 12.9. The summed E-state index contributed by atoms with van der Waals surface area (Å²) in [5.41, 5.74) is 0.832. The molecule has 31 heavy (non-hydrogen) atoms. The van der Waals surface area contributed by atoms with Crippen LogP contribution in [0.1, 0.15) is 64.5 Å². The number of aliphatic hydroxyl groups excluding tert-OH is 1. The molecule has 8 heteroatoms. The molecule has 2 aliphatic rings. The topological polar surface area (TPSA) is 83.7 Å². The molecule has 1 aliphatic carbocycles. The van der Waals surface area contributed by atoms with E-state index in [1.807, 2.05) is 18.0 Å². The Morgan fingerprint density at radius 3 is 2.77 bits per heavy atom. The summed E-state index contributed by atoms with van der Waals surface area (Å²) in [6.07, 6.45) is 9.76. The molecule has 2 heterocycles. The fourth-order valence-corrected chi connectivity index (χ4v) is 4.89. The fraction of sp³-hybridized carbons (Fsp3) is 0.870. The highest BCUT2D eigenvalue weighted by Gasteiger charge is 2.28. The van der Waals surface area contributed by atoms with Crippen molar-refractivity contribution in [3.05, 3.63) is 11.9 Å². The van der Waals surface area contributed by atoms with Crippen LogP contribution in [0.5, 0.6) is 0 Å². The molecule has 1 aromatic rings. The number of carbonyl (C=O) groups excluding carboxylic acids is 1. The Balaban J connectivity index is 1.71. The molecule has 1 aliphatic heterocycles. The second kappa shape index (κ2) is 11.9. The minimum Gasteiger partial charge on any atom is -0.394 e. The van der Waals surface area contributed by atoms with Gasteiger partial charge in [0.15, 0.2) is 0 Å². The fourth-order valence-electron chi connectivity index (χ4n) is 4.89. The average Bonchev–Trinajstić information content (AvgIpc) is 3.22. The minimum absolute atomic E-state index is 0.0271. The molecule has 8 nitrogen and oxygen atoms in total. The summed E-state index contributed by atoms with van der Waals surface area (Å²) in [4.78, 5) is 17.2. The number of aryl methyl sites for hydroxylation is 1. The second-order valence-corrected chi connectivity index (χ2v) is 9.71. The van der Waals surface area contributed by atoms with Gasteiger partial charge in [0.2, 0.25) is 5.91 Å². The zero-order valence-corrected chi connectivity index (χ0v) is 19.6. The van der Waals surface area contributed by atoms with Crippen LogP contribution in [-0.2, 0) is 22.7 Å². The molecular weight excluding hydrogens is 394 g/mol. The van der Waals surface area contributed by atoms with Crippen LogP contribution in [0.2, 0.25) is 0 Å². The first kappa shape index (κ1) is 24.1. The highest BCUT2D eigenvalue weighted by molar-refractivity contribution is 5.76. The first-order valence-corrected chi connectivity index (χ1v) is 12.1. The lowest BCUT2D eigenvalue weighted by Gasteiger charge is -2.36. The maximum Gasteiger partial charge on any atom is 0.222 e. The third-order valence-corrected chi connectivity index (χ3v) is 6.83. The summed E-state index contributed by atoms with van der Waals surface area (Å²) in [6.45, 7) is 7.63. The lowest BCUT2D eigenvalue weighted by atomic mass is 9.89. The molecule has 0 aromatic carbocycles. The van der Waals surface area contributed by atoms with Crippen LogP contribution in [-0.4, -0.2) is 81.2 Å². The van der Waals surface area contributed by atoms with E-state index in [0.29, 0.717) is 32.5 Å². The number of hydrogen-bond donors (Lipinski definition) is 1. The Morgan fingerprint density at radius 2 is 2.03 bits per heavy atom. The molecule has 0 spiro atoms. The van der Waals surface area contributed by atoms with E-state index in [2.05, 4.69) is 29.2 Å². The largest absolute Gasteiger partial charge is 0.394 e. The van der Waals surface area contributed by atoms with Crippen LogP contribution in [0.3, 0.4) is 0 Å². The first-order chi connectivity index (χ1) is 15.0. The van der Waals surface area contributed by atoms with Crippen LogP contribution >= 0.6 is 0 Å². The van der Waals surface area contributed by atoms with Gasteiger partial charge in [-0.1, -0.05) is 31.4 Å². The van der Waals surface area contributed by atoms with Crippen LogP contribution in [0, 0.1) is 11.8 Å².